The molecule has 0 unspecified atom stereocenters. The Labute approximate surface area is 164 Å². The number of aromatic carboxylic acids is 1. The van der Waals surface area contributed by atoms with Gasteiger partial charge in [-0.2, -0.15) is 0 Å². The first kappa shape index (κ1) is 17.5. The predicted molar refractivity (Wildman–Crippen MR) is 109 cm³/mol. The summed E-state index contributed by atoms with van der Waals surface area (Å²) in [5.41, 5.74) is 2.41. The minimum Gasteiger partial charge on any atom is -0.545 e. The number of carboxylic acids is 1. The molecule has 4 rings (SSSR count). The van der Waals surface area contributed by atoms with Gasteiger partial charge in [-0.05, 0) is 29.8 Å². The second-order valence-electron chi connectivity index (χ2n) is 6.07. The van der Waals surface area contributed by atoms with E-state index in [4.69, 9.17) is 12.2 Å². The predicted octanol–water partition coefficient (Wildman–Crippen LogP) is 2.95. The Bertz CT molecular complexity index is 1150. The van der Waals surface area contributed by atoms with Crippen LogP contribution in [0.5, 0.6) is 0 Å². The molecule has 0 aliphatic carbocycles. The van der Waals surface area contributed by atoms with E-state index in [0.29, 0.717) is 14.9 Å². The summed E-state index contributed by atoms with van der Waals surface area (Å²) in [6.07, 6.45) is 3.79. The lowest BCUT2D eigenvalue weighted by Crippen LogP contribution is -2.28. The van der Waals surface area contributed by atoms with Crippen LogP contribution in [0.15, 0.2) is 59.6 Å². The molecule has 0 saturated carbocycles. The van der Waals surface area contributed by atoms with Crippen molar-refractivity contribution in [2.45, 2.75) is 0 Å². The number of thiocarbonyl (C=S) groups is 1. The number of thioether (sulfide) groups is 1. The number of carboxylic acid groups (broad SMARTS) is 1. The normalized spacial score (nSPS) is 15.9. The van der Waals surface area contributed by atoms with Crippen LogP contribution >= 0.6 is 24.0 Å². The summed E-state index contributed by atoms with van der Waals surface area (Å²) in [5.74, 6) is -1.57. The van der Waals surface area contributed by atoms with Gasteiger partial charge >= 0.3 is 0 Å². The summed E-state index contributed by atoms with van der Waals surface area (Å²) < 4.78 is 2.37. The lowest BCUT2D eigenvalue weighted by Gasteiger charge is -2.15. The highest BCUT2D eigenvalue weighted by molar-refractivity contribution is 8.27. The first-order chi connectivity index (χ1) is 13.0. The summed E-state index contributed by atoms with van der Waals surface area (Å²) >= 11 is 6.56. The van der Waals surface area contributed by atoms with Gasteiger partial charge in [0.25, 0.3) is 5.91 Å². The number of para-hydroxylation sites is 1. The molecule has 5 nitrogen and oxygen atoms in total. The van der Waals surface area contributed by atoms with Gasteiger partial charge < -0.3 is 14.5 Å². The zero-order chi connectivity index (χ0) is 19.1. The molecular formula is C20H13N2O3S2-. The van der Waals surface area contributed by atoms with Crippen molar-refractivity contribution in [1.82, 2.24) is 4.57 Å². The van der Waals surface area contributed by atoms with Crippen molar-refractivity contribution in [1.29, 1.82) is 0 Å². The van der Waals surface area contributed by atoms with Crippen LogP contribution in [0.4, 0.5) is 5.69 Å². The summed E-state index contributed by atoms with van der Waals surface area (Å²) in [7, 11) is 1.95. The Morgan fingerprint density at radius 2 is 1.96 bits per heavy atom. The third kappa shape index (κ3) is 3.05. The molecule has 2 heterocycles. The van der Waals surface area contributed by atoms with E-state index in [1.54, 1.807) is 12.1 Å². The molecule has 0 bridgehead atoms. The van der Waals surface area contributed by atoms with Crippen molar-refractivity contribution >= 4 is 62.8 Å². The first-order valence-corrected chi connectivity index (χ1v) is 9.31. The van der Waals surface area contributed by atoms with Crippen LogP contribution in [0, 0.1) is 0 Å². The van der Waals surface area contributed by atoms with Gasteiger partial charge in [-0.15, -0.1) is 0 Å². The van der Waals surface area contributed by atoms with Crippen LogP contribution in [0.25, 0.3) is 17.0 Å². The zero-order valence-electron chi connectivity index (χ0n) is 14.2. The number of hydrogen-bond acceptors (Lipinski definition) is 5. The molecule has 134 valence electrons. The van der Waals surface area contributed by atoms with Crippen LogP contribution in [0.1, 0.15) is 15.9 Å². The van der Waals surface area contributed by atoms with Crippen molar-refractivity contribution < 1.29 is 14.7 Å². The monoisotopic (exact) mass is 393 g/mol. The summed E-state index contributed by atoms with van der Waals surface area (Å²) in [4.78, 5) is 25.9. The lowest BCUT2D eigenvalue weighted by molar-refractivity contribution is -0.255. The van der Waals surface area contributed by atoms with Crippen LogP contribution in [-0.4, -0.2) is 20.8 Å². The molecule has 1 saturated heterocycles. The summed E-state index contributed by atoms with van der Waals surface area (Å²) in [6.45, 7) is 0. The van der Waals surface area contributed by atoms with Gasteiger partial charge in [-0.1, -0.05) is 54.3 Å². The molecule has 0 atom stereocenters. The summed E-state index contributed by atoms with van der Waals surface area (Å²) in [6, 6.07) is 14.0. The Hall–Kier alpha value is -2.90. The fourth-order valence-electron chi connectivity index (χ4n) is 3.09. The molecule has 27 heavy (non-hydrogen) atoms. The number of rotatable bonds is 3. The number of aromatic nitrogens is 1. The quantitative estimate of drug-likeness (QED) is 0.506. The number of nitrogens with zero attached hydrogens (tertiary/aromatic N) is 2. The number of aryl methyl sites for hydroxylation is 1. The Kier molecular flexibility index (Phi) is 4.33. The van der Waals surface area contributed by atoms with E-state index < -0.39 is 5.97 Å². The Morgan fingerprint density at radius 3 is 2.74 bits per heavy atom. The number of amides is 1. The zero-order valence-corrected chi connectivity index (χ0v) is 15.8. The van der Waals surface area contributed by atoms with Crippen LogP contribution in [-0.2, 0) is 11.8 Å². The molecular weight excluding hydrogens is 380 g/mol. The van der Waals surface area contributed by atoms with Gasteiger partial charge in [0.1, 0.15) is 0 Å². The first-order valence-electron chi connectivity index (χ1n) is 8.09. The average molecular weight is 393 g/mol. The molecule has 1 aliphatic rings. The molecule has 0 radical (unpaired) electrons. The van der Waals surface area contributed by atoms with Crippen LogP contribution < -0.4 is 10.0 Å². The number of fused-ring (bicyclic) bond motifs is 1. The maximum absolute atomic E-state index is 12.9. The highest BCUT2D eigenvalue weighted by Gasteiger charge is 2.33. The summed E-state index contributed by atoms with van der Waals surface area (Å²) in [5, 5.41) is 12.1. The SMILES string of the molecule is Cn1cc(/C=C2\SC(=S)N(c3cccc(C(=O)[O-])c3)C2=O)c2ccccc21. The Balaban J connectivity index is 1.73. The van der Waals surface area contributed by atoms with Crippen molar-refractivity contribution in [2.75, 3.05) is 4.90 Å². The van der Waals surface area contributed by atoms with Gasteiger partial charge in [0.15, 0.2) is 4.32 Å². The van der Waals surface area contributed by atoms with Crippen molar-refractivity contribution in [3.8, 4) is 0 Å². The second kappa shape index (κ2) is 6.68. The molecule has 1 fully saturated rings. The molecule has 1 aliphatic heterocycles. The average Bonchev–Trinajstić information content (AvgIpc) is 3.12. The van der Waals surface area contributed by atoms with E-state index >= 15 is 0 Å². The molecule has 0 spiro atoms. The van der Waals surface area contributed by atoms with Gasteiger partial charge in [-0.25, -0.2) is 0 Å². The van der Waals surface area contributed by atoms with Crippen LogP contribution in [0.3, 0.4) is 0 Å². The highest BCUT2D eigenvalue weighted by Crippen LogP contribution is 2.37. The number of carbonyl (C=O) groups is 2. The number of benzene rings is 2. The molecule has 0 N–H and O–H groups in total. The fourth-order valence-corrected chi connectivity index (χ4v) is 4.38. The molecule has 1 aromatic heterocycles. The topological polar surface area (TPSA) is 65.4 Å². The lowest BCUT2D eigenvalue weighted by atomic mass is 10.1. The number of hydrogen-bond donors (Lipinski definition) is 0. The van der Waals surface area contributed by atoms with Gasteiger partial charge in [0.05, 0.1) is 16.6 Å². The third-order valence-corrected chi connectivity index (χ3v) is 5.65. The Morgan fingerprint density at radius 1 is 1.19 bits per heavy atom. The minimum atomic E-state index is -1.30. The highest BCUT2D eigenvalue weighted by atomic mass is 32.2. The van der Waals surface area contributed by atoms with E-state index in [0.717, 1.165) is 16.5 Å². The van der Waals surface area contributed by atoms with E-state index in [1.165, 1.54) is 28.8 Å². The van der Waals surface area contributed by atoms with Gasteiger partial charge in [0.2, 0.25) is 0 Å². The second-order valence-corrected chi connectivity index (χ2v) is 7.74. The van der Waals surface area contributed by atoms with E-state index in [9.17, 15) is 14.7 Å². The number of anilines is 1. The van der Waals surface area contributed by atoms with Gasteiger partial charge in [-0.3, -0.25) is 9.69 Å². The third-order valence-electron chi connectivity index (χ3n) is 4.35. The standard InChI is InChI=1S/C20H14N2O3S2/c1-21-11-13(15-7-2-3-8-16(15)21)10-17-18(23)22(20(26)27-17)14-6-4-5-12(9-14)19(24)25/h2-11H,1H3,(H,24,25)/p-1/b17-10-. The minimum absolute atomic E-state index is 0.000386. The largest absolute Gasteiger partial charge is 0.545 e. The molecule has 1 amide bonds. The number of carbonyl (C=O) groups excluding carboxylic acids is 2. The van der Waals surface area contributed by atoms with E-state index in [-0.39, 0.29) is 11.5 Å². The van der Waals surface area contributed by atoms with Crippen molar-refractivity contribution in [3.63, 3.8) is 0 Å². The molecule has 3 aromatic rings. The van der Waals surface area contributed by atoms with E-state index in [1.807, 2.05) is 48.2 Å². The van der Waals surface area contributed by atoms with Crippen molar-refractivity contribution in [3.05, 3.63) is 70.8 Å². The maximum Gasteiger partial charge on any atom is 0.270 e. The molecule has 2 aromatic carbocycles. The van der Waals surface area contributed by atoms with Crippen LogP contribution in [0.2, 0.25) is 0 Å². The molecule has 7 heteroatoms. The van der Waals surface area contributed by atoms with E-state index in [2.05, 4.69) is 0 Å². The fraction of sp³-hybridized carbons (Fsp3) is 0.0500. The van der Waals surface area contributed by atoms with Gasteiger partial charge in [0, 0.05) is 29.7 Å². The smallest absolute Gasteiger partial charge is 0.270 e. The maximum atomic E-state index is 12.9. The van der Waals surface area contributed by atoms with Crippen molar-refractivity contribution in [2.24, 2.45) is 7.05 Å².